The Kier molecular flexibility index (Phi) is 9.70. The van der Waals surface area contributed by atoms with Crippen LogP contribution in [0, 0.1) is 0 Å². The molecule has 10 nitrogen and oxygen atoms in total. The predicted octanol–water partition coefficient (Wildman–Crippen LogP) is 2.50. The second kappa shape index (κ2) is 13.0. The fourth-order valence-corrected chi connectivity index (χ4v) is 5.49. The maximum atomic E-state index is 13.4. The second-order valence-electron chi connectivity index (χ2n) is 9.30. The summed E-state index contributed by atoms with van der Waals surface area (Å²) >= 11 is 12.5. The van der Waals surface area contributed by atoms with Gasteiger partial charge in [-0.15, -0.1) is 0 Å². The fourth-order valence-electron chi connectivity index (χ4n) is 5.02. The minimum atomic E-state index is -1.30. The van der Waals surface area contributed by atoms with Gasteiger partial charge < -0.3 is 34.6 Å². The average Bonchev–Trinajstić information content (AvgIpc) is 3.34. The minimum absolute atomic E-state index is 0.0143. The van der Waals surface area contributed by atoms with E-state index in [1.807, 2.05) is 0 Å². The number of aldehydes is 1. The number of methoxy groups -OCH3 is 1. The van der Waals surface area contributed by atoms with Gasteiger partial charge in [0, 0.05) is 46.4 Å². The zero-order valence-electron chi connectivity index (χ0n) is 21.9. The Morgan fingerprint density at radius 2 is 2.00 bits per heavy atom. The number of nitrogens with zero attached hydrogens (tertiary/aromatic N) is 1. The molecular weight excluding hydrogens is 563 g/mol. The van der Waals surface area contributed by atoms with Crippen LogP contribution in [0.15, 0.2) is 42.0 Å². The Morgan fingerprint density at radius 3 is 2.65 bits per heavy atom. The van der Waals surface area contributed by atoms with Crippen LogP contribution in [0.25, 0.3) is 0 Å². The second-order valence-corrected chi connectivity index (χ2v) is 10.1. The number of amides is 2. The van der Waals surface area contributed by atoms with Gasteiger partial charge in [-0.1, -0.05) is 29.3 Å². The molecule has 2 aromatic carbocycles. The van der Waals surface area contributed by atoms with Crippen LogP contribution in [0.3, 0.4) is 0 Å². The van der Waals surface area contributed by atoms with Gasteiger partial charge in [0.1, 0.15) is 25.1 Å². The summed E-state index contributed by atoms with van der Waals surface area (Å²) in [6.07, 6.45) is -0.131. The average molecular weight is 593 g/mol. The standard InChI is InChI=1S/C28H30Cl2N2O8/c1-3-39-14-23(35)32(12-16-4-5-17(29)10-20(16)30)21-11-19(28(37)31-6-7-33)24-18-8-15(13-34)9-22(38-2)26(18)40-27(24)25(21)36/h4-5,8-11,13,21,24-25,27,33,36H,3,6-7,12,14H2,1-2H3,(H,31,37)/t21-,24+,25+,27+/m1/s1. The summed E-state index contributed by atoms with van der Waals surface area (Å²) in [4.78, 5) is 39.8. The normalized spacial score (nSPS) is 21.0. The van der Waals surface area contributed by atoms with Crippen molar-refractivity contribution < 1.29 is 38.8 Å². The van der Waals surface area contributed by atoms with Crippen molar-refractivity contribution in [3.05, 3.63) is 68.7 Å². The van der Waals surface area contributed by atoms with Crippen LogP contribution in [-0.4, -0.2) is 84.9 Å². The van der Waals surface area contributed by atoms with E-state index < -0.39 is 36.0 Å². The molecule has 2 aromatic rings. The van der Waals surface area contributed by atoms with Crippen LogP contribution >= 0.6 is 23.2 Å². The number of hydrogen-bond donors (Lipinski definition) is 3. The Hall–Kier alpha value is -3.15. The Balaban J connectivity index is 1.82. The lowest BCUT2D eigenvalue weighted by Gasteiger charge is -2.40. The highest BCUT2D eigenvalue weighted by molar-refractivity contribution is 6.35. The molecule has 1 heterocycles. The summed E-state index contributed by atoms with van der Waals surface area (Å²) in [7, 11) is 1.42. The molecule has 0 spiro atoms. The van der Waals surface area contributed by atoms with Gasteiger partial charge in [0.05, 0.1) is 25.7 Å². The van der Waals surface area contributed by atoms with E-state index in [0.717, 1.165) is 0 Å². The quantitative estimate of drug-likeness (QED) is 0.339. The molecule has 1 aliphatic carbocycles. The number of carbonyl (C=O) groups is 3. The topological polar surface area (TPSA) is 135 Å². The molecule has 12 heteroatoms. The Morgan fingerprint density at radius 1 is 1.23 bits per heavy atom. The first-order valence-electron chi connectivity index (χ1n) is 12.7. The van der Waals surface area contributed by atoms with Crippen LogP contribution in [0.1, 0.15) is 34.3 Å². The van der Waals surface area contributed by atoms with Crippen molar-refractivity contribution in [2.45, 2.75) is 37.6 Å². The van der Waals surface area contributed by atoms with Crippen LogP contribution < -0.4 is 14.8 Å². The van der Waals surface area contributed by atoms with Gasteiger partial charge in [-0.2, -0.15) is 0 Å². The lowest BCUT2D eigenvalue weighted by Crippen LogP contribution is -2.56. The predicted molar refractivity (Wildman–Crippen MR) is 147 cm³/mol. The van der Waals surface area contributed by atoms with Crippen molar-refractivity contribution in [1.29, 1.82) is 0 Å². The molecule has 2 amide bonds. The van der Waals surface area contributed by atoms with Gasteiger partial charge in [0.15, 0.2) is 11.5 Å². The molecule has 0 saturated heterocycles. The Labute approximate surface area is 241 Å². The summed E-state index contributed by atoms with van der Waals surface area (Å²) in [6.45, 7) is 1.46. The van der Waals surface area contributed by atoms with E-state index in [1.54, 1.807) is 31.2 Å². The van der Waals surface area contributed by atoms with E-state index in [4.69, 9.17) is 37.4 Å². The molecule has 0 saturated carbocycles. The number of carbonyl (C=O) groups excluding carboxylic acids is 3. The lowest BCUT2D eigenvalue weighted by atomic mass is 9.77. The molecule has 4 atom stereocenters. The molecular formula is C28H30Cl2N2O8. The van der Waals surface area contributed by atoms with Crippen molar-refractivity contribution in [3.63, 3.8) is 0 Å². The van der Waals surface area contributed by atoms with Crippen molar-refractivity contribution in [2.75, 3.05) is 33.5 Å². The molecule has 0 aromatic heterocycles. The molecule has 2 aliphatic rings. The number of aliphatic hydroxyl groups excluding tert-OH is 2. The van der Waals surface area contributed by atoms with Gasteiger partial charge in [-0.3, -0.25) is 14.4 Å². The number of hydrogen-bond acceptors (Lipinski definition) is 8. The van der Waals surface area contributed by atoms with Crippen LogP contribution in [0.2, 0.25) is 10.0 Å². The van der Waals surface area contributed by atoms with Gasteiger partial charge in [-0.05, 0) is 42.8 Å². The first-order valence-corrected chi connectivity index (χ1v) is 13.4. The van der Waals surface area contributed by atoms with E-state index in [9.17, 15) is 24.6 Å². The number of fused-ring (bicyclic) bond motifs is 3. The van der Waals surface area contributed by atoms with E-state index >= 15 is 0 Å². The number of halogens is 2. The first-order chi connectivity index (χ1) is 19.2. The molecule has 0 bridgehead atoms. The zero-order valence-corrected chi connectivity index (χ0v) is 23.4. The monoisotopic (exact) mass is 592 g/mol. The Bertz CT molecular complexity index is 1320. The number of ether oxygens (including phenoxy) is 3. The summed E-state index contributed by atoms with van der Waals surface area (Å²) in [5, 5.41) is 24.4. The number of nitrogens with one attached hydrogen (secondary N) is 1. The number of benzene rings is 2. The van der Waals surface area contributed by atoms with Crippen LogP contribution in [-0.2, 0) is 20.9 Å². The van der Waals surface area contributed by atoms with Crippen molar-refractivity contribution in [3.8, 4) is 11.5 Å². The summed E-state index contributed by atoms with van der Waals surface area (Å²) in [6, 6.07) is 6.92. The third-order valence-electron chi connectivity index (χ3n) is 6.88. The van der Waals surface area contributed by atoms with Crippen molar-refractivity contribution in [2.24, 2.45) is 0 Å². The molecule has 0 unspecified atom stereocenters. The summed E-state index contributed by atoms with van der Waals surface area (Å²) < 4.78 is 17.0. The summed E-state index contributed by atoms with van der Waals surface area (Å²) in [5.41, 5.74) is 1.56. The molecule has 214 valence electrons. The number of rotatable bonds is 11. The lowest BCUT2D eigenvalue weighted by molar-refractivity contribution is -0.142. The van der Waals surface area contributed by atoms with Gasteiger partial charge in [0.2, 0.25) is 11.8 Å². The van der Waals surface area contributed by atoms with E-state index in [1.165, 1.54) is 24.2 Å². The maximum absolute atomic E-state index is 13.4. The first kappa shape index (κ1) is 29.8. The zero-order chi connectivity index (χ0) is 29.0. The van der Waals surface area contributed by atoms with E-state index in [-0.39, 0.29) is 43.4 Å². The minimum Gasteiger partial charge on any atom is -0.493 e. The highest BCUT2D eigenvalue weighted by Crippen LogP contribution is 2.51. The van der Waals surface area contributed by atoms with Gasteiger partial charge in [-0.25, -0.2) is 0 Å². The SMILES string of the molecule is CCOCC(=O)N(Cc1ccc(Cl)cc1Cl)[C@@H]1C=C(C(=O)NCCO)[C@@H]2c3cc(C=O)cc(OC)c3O[C@@H]2[C@H]1O. The number of aliphatic hydroxyl groups is 2. The highest BCUT2D eigenvalue weighted by Gasteiger charge is 2.51. The van der Waals surface area contributed by atoms with Gasteiger partial charge in [0.25, 0.3) is 0 Å². The highest BCUT2D eigenvalue weighted by atomic mass is 35.5. The molecule has 40 heavy (non-hydrogen) atoms. The largest absolute Gasteiger partial charge is 0.493 e. The van der Waals surface area contributed by atoms with Crippen LogP contribution in [0.4, 0.5) is 0 Å². The molecule has 0 radical (unpaired) electrons. The van der Waals surface area contributed by atoms with Crippen LogP contribution in [0.5, 0.6) is 11.5 Å². The van der Waals surface area contributed by atoms with Gasteiger partial charge >= 0.3 is 0 Å². The molecule has 1 aliphatic heterocycles. The van der Waals surface area contributed by atoms with Crippen molar-refractivity contribution >= 4 is 41.3 Å². The maximum Gasteiger partial charge on any atom is 0.249 e. The molecule has 0 fully saturated rings. The molecule has 3 N–H and O–H groups in total. The van der Waals surface area contributed by atoms with E-state index in [2.05, 4.69) is 5.32 Å². The van der Waals surface area contributed by atoms with Crippen molar-refractivity contribution in [1.82, 2.24) is 10.2 Å². The molecule has 4 rings (SSSR count). The third-order valence-corrected chi connectivity index (χ3v) is 7.46. The summed E-state index contributed by atoms with van der Waals surface area (Å²) in [5.74, 6) is -1.19. The van der Waals surface area contributed by atoms with E-state index in [0.29, 0.717) is 39.6 Å². The fraction of sp³-hybridized carbons (Fsp3) is 0.393. The smallest absolute Gasteiger partial charge is 0.249 e. The third kappa shape index (κ3) is 5.96.